The van der Waals surface area contributed by atoms with E-state index in [0.717, 1.165) is 18.9 Å². The lowest BCUT2D eigenvalue weighted by Crippen LogP contribution is -2.41. The minimum absolute atomic E-state index is 0.253. The van der Waals surface area contributed by atoms with Gasteiger partial charge in [-0.2, -0.15) is 0 Å². The van der Waals surface area contributed by atoms with E-state index in [-0.39, 0.29) is 11.9 Å². The van der Waals surface area contributed by atoms with E-state index in [9.17, 15) is 4.79 Å². The molecule has 0 bridgehead atoms. The Hall–Kier alpha value is -1.36. The van der Waals surface area contributed by atoms with E-state index in [1.807, 2.05) is 24.6 Å². The van der Waals surface area contributed by atoms with Crippen LogP contribution in [0.1, 0.15) is 19.2 Å². The SMILES string of the molecule is CCNC(CCn1ccnc1C)C(N)=O. The smallest absolute Gasteiger partial charge is 0.234 e. The van der Waals surface area contributed by atoms with Gasteiger partial charge in [0.05, 0.1) is 6.04 Å². The minimum Gasteiger partial charge on any atom is -0.368 e. The molecule has 0 spiro atoms. The second-order valence-electron chi connectivity index (χ2n) is 3.47. The first kappa shape index (κ1) is 11.7. The first-order valence-electron chi connectivity index (χ1n) is 5.15. The number of carbonyl (C=O) groups is 1. The molecule has 0 saturated heterocycles. The maximum Gasteiger partial charge on any atom is 0.234 e. The molecule has 0 aliphatic rings. The van der Waals surface area contributed by atoms with Crippen molar-refractivity contribution in [3.63, 3.8) is 0 Å². The fraction of sp³-hybridized carbons (Fsp3) is 0.600. The van der Waals surface area contributed by atoms with Crippen molar-refractivity contribution in [3.05, 3.63) is 18.2 Å². The minimum atomic E-state index is -0.297. The lowest BCUT2D eigenvalue weighted by atomic mass is 10.2. The van der Waals surface area contributed by atoms with Crippen molar-refractivity contribution in [2.24, 2.45) is 5.73 Å². The highest BCUT2D eigenvalue weighted by Gasteiger charge is 2.13. The molecule has 84 valence electrons. The largest absolute Gasteiger partial charge is 0.368 e. The zero-order chi connectivity index (χ0) is 11.3. The summed E-state index contributed by atoms with van der Waals surface area (Å²) >= 11 is 0. The summed E-state index contributed by atoms with van der Waals surface area (Å²) in [6.45, 7) is 5.40. The molecule has 5 nitrogen and oxygen atoms in total. The van der Waals surface area contributed by atoms with Crippen LogP contribution < -0.4 is 11.1 Å². The summed E-state index contributed by atoms with van der Waals surface area (Å²) in [7, 11) is 0. The topological polar surface area (TPSA) is 72.9 Å². The molecule has 1 atom stereocenters. The number of hydrogen-bond acceptors (Lipinski definition) is 3. The van der Waals surface area contributed by atoms with E-state index in [0.29, 0.717) is 6.42 Å². The number of rotatable bonds is 6. The predicted octanol–water partition coefficient (Wildman–Crippen LogP) is 0.0450. The number of likely N-dealkylation sites (N-methyl/N-ethyl adjacent to an activating group) is 1. The second-order valence-corrected chi connectivity index (χ2v) is 3.47. The van der Waals surface area contributed by atoms with Crippen LogP contribution in [0.2, 0.25) is 0 Å². The number of aromatic nitrogens is 2. The number of nitrogens with two attached hydrogens (primary N) is 1. The first-order valence-corrected chi connectivity index (χ1v) is 5.15. The second kappa shape index (κ2) is 5.50. The number of imidazole rings is 1. The summed E-state index contributed by atoms with van der Waals surface area (Å²) in [5.41, 5.74) is 5.27. The number of amides is 1. The number of nitrogens with zero attached hydrogens (tertiary/aromatic N) is 2. The van der Waals surface area contributed by atoms with E-state index in [1.165, 1.54) is 0 Å². The summed E-state index contributed by atoms with van der Waals surface area (Å²) in [4.78, 5) is 15.2. The molecule has 1 aromatic heterocycles. The molecule has 0 radical (unpaired) electrons. The molecule has 1 heterocycles. The number of hydrogen-bond donors (Lipinski definition) is 2. The third-order valence-electron chi connectivity index (χ3n) is 2.38. The van der Waals surface area contributed by atoms with Gasteiger partial charge in [-0.05, 0) is 19.9 Å². The first-order chi connectivity index (χ1) is 7.15. The lowest BCUT2D eigenvalue weighted by Gasteiger charge is -2.14. The van der Waals surface area contributed by atoms with Crippen molar-refractivity contribution in [1.29, 1.82) is 0 Å². The highest BCUT2D eigenvalue weighted by molar-refractivity contribution is 5.79. The Morgan fingerprint density at radius 1 is 1.73 bits per heavy atom. The van der Waals surface area contributed by atoms with Gasteiger partial charge in [0, 0.05) is 18.9 Å². The third kappa shape index (κ3) is 3.36. The van der Waals surface area contributed by atoms with Crippen LogP contribution in [0.3, 0.4) is 0 Å². The molecule has 15 heavy (non-hydrogen) atoms. The lowest BCUT2D eigenvalue weighted by molar-refractivity contribution is -0.120. The fourth-order valence-electron chi connectivity index (χ4n) is 1.50. The summed E-state index contributed by atoms with van der Waals surface area (Å²) in [5, 5.41) is 3.06. The van der Waals surface area contributed by atoms with Crippen LogP contribution in [0.15, 0.2) is 12.4 Å². The van der Waals surface area contributed by atoms with Crippen LogP contribution in [0.5, 0.6) is 0 Å². The number of aryl methyl sites for hydroxylation is 2. The van der Waals surface area contributed by atoms with E-state index in [4.69, 9.17) is 5.73 Å². The predicted molar refractivity (Wildman–Crippen MR) is 58.2 cm³/mol. The summed E-state index contributed by atoms with van der Waals surface area (Å²) in [6.07, 6.45) is 4.35. The molecule has 0 saturated carbocycles. The van der Waals surface area contributed by atoms with Gasteiger partial charge in [-0.3, -0.25) is 4.79 Å². The average Bonchev–Trinajstić information content (AvgIpc) is 2.58. The van der Waals surface area contributed by atoms with Gasteiger partial charge < -0.3 is 15.6 Å². The highest BCUT2D eigenvalue weighted by atomic mass is 16.1. The van der Waals surface area contributed by atoms with Crippen molar-refractivity contribution in [2.75, 3.05) is 6.54 Å². The Kier molecular flexibility index (Phi) is 4.30. The van der Waals surface area contributed by atoms with Crippen molar-refractivity contribution in [1.82, 2.24) is 14.9 Å². The van der Waals surface area contributed by atoms with E-state index in [2.05, 4.69) is 10.3 Å². The van der Waals surface area contributed by atoms with Gasteiger partial charge in [0.25, 0.3) is 0 Å². The van der Waals surface area contributed by atoms with Crippen molar-refractivity contribution in [3.8, 4) is 0 Å². The molecule has 1 unspecified atom stereocenters. The Labute approximate surface area is 89.7 Å². The molecule has 0 fully saturated rings. The molecule has 1 rings (SSSR count). The van der Waals surface area contributed by atoms with Gasteiger partial charge in [-0.15, -0.1) is 0 Å². The molecule has 1 aromatic rings. The highest BCUT2D eigenvalue weighted by Crippen LogP contribution is 2.00. The Morgan fingerprint density at radius 3 is 2.93 bits per heavy atom. The maximum atomic E-state index is 11.1. The van der Waals surface area contributed by atoms with Crippen LogP contribution in [0, 0.1) is 6.92 Å². The van der Waals surface area contributed by atoms with Gasteiger partial charge in [0.2, 0.25) is 5.91 Å². The van der Waals surface area contributed by atoms with Gasteiger partial charge in [-0.1, -0.05) is 6.92 Å². The monoisotopic (exact) mass is 210 g/mol. The Morgan fingerprint density at radius 2 is 2.47 bits per heavy atom. The molecule has 0 aromatic carbocycles. The Balaban J connectivity index is 2.47. The van der Waals surface area contributed by atoms with Gasteiger partial charge in [-0.25, -0.2) is 4.98 Å². The van der Waals surface area contributed by atoms with Gasteiger partial charge in [0.1, 0.15) is 5.82 Å². The molecule has 0 aliphatic carbocycles. The van der Waals surface area contributed by atoms with Crippen LogP contribution in [0.4, 0.5) is 0 Å². The molecule has 1 amide bonds. The van der Waals surface area contributed by atoms with Crippen LogP contribution in [0.25, 0.3) is 0 Å². The van der Waals surface area contributed by atoms with E-state index < -0.39 is 0 Å². The normalized spacial score (nSPS) is 12.7. The van der Waals surface area contributed by atoms with Gasteiger partial charge >= 0.3 is 0 Å². The average molecular weight is 210 g/mol. The quantitative estimate of drug-likeness (QED) is 0.696. The zero-order valence-electron chi connectivity index (χ0n) is 9.23. The van der Waals surface area contributed by atoms with Crippen LogP contribution >= 0.6 is 0 Å². The molecule has 0 aliphatic heterocycles. The Bertz CT molecular complexity index is 321. The molecular formula is C10H18N4O. The molecule has 3 N–H and O–H groups in total. The summed E-state index contributed by atoms with van der Waals surface area (Å²) in [6, 6.07) is -0.253. The van der Waals surface area contributed by atoms with Gasteiger partial charge in [0.15, 0.2) is 0 Å². The fourth-order valence-corrected chi connectivity index (χ4v) is 1.50. The third-order valence-corrected chi connectivity index (χ3v) is 2.38. The molecular weight excluding hydrogens is 192 g/mol. The van der Waals surface area contributed by atoms with Crippen molar-refractivity contribution in [2.45, 2.75) is 32.9 Å². The standard InChI is InChI=1S/C10H18N4O/c1-3-12-9(10(11)15)4-6-14-7-5-13-8(14)2/h5,7,9,12H,3-4,6H2,1-2H3,(H2,11,15). The van der Waals surface area contributed by atoms with E-state index in [1.54, 1.807) is 6.20 Å². The van der Waals surface area contributed by atoms with Crippen molar-refractivity contribution >= 4 is 5.91 Å². The summed E-state index contributed by atoms with van der Waals surface area (Å²) in [5.74, 6) is 0.657. The molecule has 5 heteroatoms. The van der Waals surface area contributed by atoms with Crippen LogP contribution in [-0.4, -0.2) is 28.0 Å². The van der Waals surface area contributed by atoms with Crippen molar-refractivity contribution < 1.29 is 4.79 Å². The number of carbonyl (C=O) groups excluding carboxylic acids is 1. The van der Waals surface area contributed by atoms with E-state index >= 15 is 0 Å². The summed E-state index contributed by atoms with van der Waals surface area (Å²) < 4.78 is 2.01. The maximum absolute atomic E-state index is 11.1. The van der Waals surface area contributed by atoms with Crippen LogP contribution in [-0.2, 0) is 11.3 Å². The number of nitrogens with one attached hydrogen (secondary N) is 1. The zero-order valence-corrected chi connectivity index (χ0v) is 9.23. The number of primary amides is 1.